The van der Waals surface area contributed by atoms with Gasteiger partial charge in [0.25, 0.3) is 0 Å². The molecule has 1 aliphatic rings. The van der Waals surface area contributed by atoms with Crippen molar-refractivity contribution in [3.63, 3.8) is 0 Å². The Kier molecular flexibility index (Phi) is 4.73. The van der Waals surface area contributed by atoms with E-state index in [1.54, 1.807) is 24.3 Å². The zero-order valence-corrected chi connectivity index (χ0v) is 17.1. The van der Waals surface area contributed by atoms with Gasteiger partial charge in [0, 0.05) is 11.1 Å². The van der Waals surface area contributed by atoms with Crippen molar-refractivity contribution < 1.29 is 22.3 Å². The number of aromatic nitrogens is 1. The Bertz CT molecular complexity index is 1190. The number of H-pyrrole nitrogens is 1. The average molecular weight is 415 g/mol. The first-order chi connectivity index (χ1) is 13.8. The van der Waals surface area contributed by atoms with Crippen LogP contribution in [-0.4, -0.2) is 31.2 Å². The summed E-state index contributed by atoms with van der Waals surface area (Å²) in [6.45, 7) is 1.44. The summed E-state index contributed by atoms with van der Waals surface area (Å²) in [6.07, 6.45) is 1.36. The number of methoxy groups -OCH3 is 1. The molecule has 1 aliphatic carbocycles. The molecule has 29 heavy (non-hydrogen) atoms. The number of aryl methyl sites for hydroxylation is 1. The highest BCUT2D eigenvalue weighted by atomic mass is 32.2. The number of aromatic amines is 1. The molecule has 3 aromatic rings. The number of hydrogen-bond acceptors (Lipinski definition) is 4. The summed E-state index contributed by atoms with van der Waals surface area (Å²) in [7, 11) is -2.81. The summed E-state index contributed by atoms with van der Waals surface area (Å²) >= 11 is 0. The highest BCUT2D eigenvalue weighted by molar-refractivity contribution is 7.93. The molecular weight excluding hydrogens is 393 g/mol. The van der Waals surface area contributed by atoms with Gasteiger partial charge in [0.15, 0.2) is 14.6 Å². The number of hydrogen-bond donors (Lipinski definition) is 1. The molecule has 0 saturated carbocycles. The fourth-order valence-corrected chi connectivity index (χ4v) is 6.38. The van der Waals surface area contributed by atoms with E-state index in [0.29, 0.717) is 24.8 Å². The molecule has 2 aromatic carbocycles. The monoisotopic (exact) mass is 415 g/mol. The molecule has 0 amide bonds. The molecule has 0 bridgehead atoms. The summed E-state index contributed by atoms with van der Waals surface area (Å²) in [5, 5.41) is 0.809. The summed E-state index contributed by atoms with van der Waals surface area (Å²) < 4.78 is 44.4. The van der Waals surface area contributed by atoms with E-state index in [0.717, 1.165) is 16.6 Å². The van der Waals surface area contributed by atoms with Crippen LogP contribution in [0.15, 0.2) is 53.4 Å². The van der Waals surface area contributed by atoms with E-state index in [1.807, 2.05) is 6.07 Å². The number of esters is 1. The van der Waals surface area contributed by atoms with Crippen LogP contribution in [0.2, 0.25) is 0 Å². The quantitative estimate of drug-likeness (QED) is 0.658. The van der Waals surface area contributed by atoms with Gasteiger partial charge in [0.05, 0.1) is 17.5 Å². The predicted molar refractivity (Wildman–Crippen MR) is 108 cm³/mol. The lowest BCUT2D eigenvalue weighted by atomic mass is 9.79. The lowest BCUT2D eigenvalue weighted by Gasteiger charge is -2.36. The Morgan fingerprint density at radius 1 is 1.17 bits per heavy atom. The molecule has 1 heterocycles. The Labute approximate surface area is 168 Å². The van der Waals surface area contributed by atoms with Crippen LogP contribution in [0.4, 0.5) is 4.39 Å². The normalized spacial score (nSPS) is 18.8. The Hall–Kier alpha value is -2.67. The molecule has 0 spiro atoms. The number of para-hydroxylation sites is 1. The minimum absolute atomic E-state index is 0.0846. The van der Waals surface area contributed by atoms with Crippen molar-refractivity contribution in [2.75, 3.05) is 7.11 Å². The number of sulfone groups is 1. The van der Waals surface area contributed by atoms with Crippen molar-refractivity contribution >= 4 is 26.7 Å². The number of rotatable bonds is 4. The first kappa shape index (κ1) is 19.6. The molecule has 2 atom stereocenters. The lowest BCUT2D eigenvalue weighted by Crippen LogP contribution is -2.52. The summed E-state index contributed by atoms with van der Waals surface area (Å²) in [5.41, 5.74) is 2.18. The maximum absolute atomic E-state index is 14.2. The lowest BCUT2D eigenvalue weighted by molar-refractivity contribution is -0.145. The summed E-state index contributed by atoms with van der Waals surface area (Å²) in [4.78, 5) is 16.0. The van der Waals surface area contributed by atoms with E-state index in [4.69, 9.17) is 4.74 Å². The van der Waals surface area contributed by atoms with Crippen molar-refractivity contribution in [1.29, 1.82) is 0 Å². The Balaban J connectivity index is 1.81. The maximum Gasteiger partial charge on any atom is 0.327 e. The third-order valence-electron chi connectivity index (χ3n) is 6.15. The molecule has 0 aliphatic heterocycles. The zero-order chi connectivity index (χ0) is 20.8. The number of carbonyl (C=O) groups is 1. The average Bonchev–Trinajstić information content (AvgIpc) is 3.12. The first-order valence-corrected chi connectivity index (χ1v) is 10.9. The van der Waals surface area contributed by atoms with E-state index in [1.165, 1.54) is 32.2 Å². The number of ether oxygens (including phenoxy) is 1. The zero-order valence-electron chi connectivity index (χ0n) is 16.2. The van der Waals surface area contributed by atoms with Crippen LogP contribution >= 0.6 is 0 Å². The standard InChI is InChI=1S/C22H22FNO4S/c1-22(21(25)28-2,29(26,27)15-7-4-3-5-8-15)14-11-12-16-17-9-6-10-18(23)20(17)24-19(16)13-14/h3-10,14,24H,11-13H2,1-2H3. The fraction of sp³-hybridized carbons (Fsp3) is 0.318. The SMILES string of the molecule is COC(=O)C(C)(C1CCc2c([nH]c3c(F)cccc23)C1)S(=O)(=O)c1ccccc1. The van der Waals surface area contributed by atoms with Crippen molar-refractivity contribution in [3.05, 3.63) is 65.6 Å². The van der Waals surface area contributed by atoms with Crippen molar-refractivity contribution in [2.45, 2.75) is 35.8 Å². The minimum atomic E-state index is -4.01. The van der Waals surface area contributed by atoms with Gasteiger partial charge >= 0.3 is 5.97 Å². The topological polar surface area (TPSA) is 76.2 Å². The Morgan fingerprint density at radius 3 is 2.59 bits per heavy atom. The van der Waals surface area contributed by atoms with Crippen molar-refractivity contribution in [2.24, 2.45) is 5.92 Å². The van der Waals surface area contributed by atoms with Gasteiger partial charge in [-0.1, -0.05) is 30.3 Å². The number of carbonyl (C=O) groups excluding carboxylic acids is 1. The third-order valence-corrected chi connectivity index (χ3v) is 8.66. The fourth-order valence-electron chi connectivity index (χ4n) is 4.43. The predicted octanol–water partition coefficient (Wildman–Crippen LogP) is 3.82. The van der Waals surface area contributed by atoms with Crippen LogP contribution in [0.5, 0.6) is 0 Å². The molecule has 2 unspecified atom stereocenters. The molecule has 1 aromatic heterocycles. The summed E-state index contributed by atoms with van der Waals surface area (Å²) in [6, 6.07) is 12.9. The molecule has 5 nitrogen and oxygen atoms in total. The number of halogens is 1. The number of nitrogens with one attached hydrogen (secondary N) is 1. The van der Waals surface area contributed by atoms with Crippen LogP contribution in [0, 0.1) is 11.7 Å². The van der Waals surface area contributed by atoms with Crippen LogP contribution < -0.4 is 0 Å². The molecule has 0 radical (unpaired) electrons. The van der Waals surface area contributed by atoms with Gasteiger partial charge in [-0.05, 0) is 55.9 Å². The van der Waals surface area contributed by atoms with Crippen molar-refractivity contribution in [3.8, 4) is 0 Å². The smallest absolute Gasteiger partial charge is 0.327 e. The van der Waals surface area contributed by atoms with Gasteiger partial charge < -0.3 is 9.72 Å². The van der Waals surface area contributed by atoms with Crippen LogP contribution in [-0.2, 0) is 32.2 Å². The first-order valence-electron chi connectivity index (χ1n) is 9.46. The van der Waals surface area contributed by atoms with Gasteiger partial charge in [-0.2, -0.15) is 0 Å². The molecule has 0 saturated heterocycles. The van der Waals surface area contributed by atoms with Gasteiger partial charge in [-0.25, -0.2) is 12.8 Å². The van der Waals surface area contributed by atoms with Gasteiger partial charge in [0.2, 0.25) is 0 Å². The largest absolute Gasteiger partial charge is 0.468 e. The van der Waals surface area contributed by atoms with Crippen molar-refractivity contribution in [1.82, 2.24) is 4.98 Å². The Morgan fingerprint density at radius 2 is 1.90 bits per heavy atom. The third kappa shape index (κ3) is 2.87. The number of fused-ring (bicyclic) bond motifs is 3. The molecule has 4 rings (SSSR count). The van der Waals surface area contributed by atoms with Crippen LogP contribution in [0.3, 0.4) is 0 Å². The highest BCUT2D eigenvalue weighted by Gasteiger charge is 2.54. The number of benzene rings is 2. The molecule has 1 N–H and O–H groups in total. The molecule has 152 valence electrons. The van der Waals surface area contributed by atoms with E-state index in [9.17, 15) is 17.6 Å². The minimum Gasteiger partial charge on any atom is -0.468 e. The van der Waals surface area contributed by atoms with Gasteiger partial charge in [-0.3, -0.25) is 4.79 Å². The van der Waals surface area contributed by atoms with Gasteiger partial charge in [0.1, 0.15) is 5.82 Å². The van der Waals surface area contributed by atoms with E-state index in [-0.39, 0.29) is 10.7 Å². The molecule has 7 heteroatoms. The second kappa shape index (κ2) is 6.99. The van der Waals surface area contributed by atoms with Gasteiger partial charge in [-0.15, -0.1) is 0 Å². The summed E-state index contributed by atoms with van der Waals surface area (Å²) in [5.74, 6) is -1.64. The van der Waals surface area contributed by atoms with E-state index >= 15 is 0 Å². The van der Waals surface area contributed by atoms with Crippen LogP contribution in [0.1, 0.15) is 24.6 Å². The van der Waals surface area contributed by atoms with Crippen LogP contribution in [0.25, 0.3) is 10.9 Å². The molecular formula is C22H22FNO4S. The van der Waals surface area contributed by atoms with E-state index in [2.05, 4.69) is 4.98 Å². The highest BCUT2D eigenvalue weighted by Crippen LogP contribution is 2.42. The van der Waals surface area contributed by atoms with E-state index < -0.39 is 26.5 Å². The second-order valence-corrected chi connectivity index (χ2v) is 9.93. The molecule has 0 fully saturated rings. The second-order valence-electron chi connectivity index (χ2n) is 7.60. The maximum atomic E-state index is 14.2.